The monoisotopic (exact) mass is 949 g/mol. The second-order valence-electron chi connectivity index (χ2n) is 14.8. The van der Waals surface area contributed by atoms with E-state index < -0.39 is 0 Å². The molecule has 0 nitrogen and oxygen atoms in total. The quantitative estimate of drug-likeness (QED) is 0.156. The third-order valence-electron chi connectivity index (χ3n) is 6.46. The normalized spacial score (nSPS) is 7.87. The molecule has 6 rings (SSSR count). The number of benzene rings is 6. The first-order valence-electron chi connectivity index (χ1n) is 27.7. The molecule has 69 heavy (non-hydrogen) atoms. The van der Waals surface area contributed by atoms with Crippen LogP contribution < -0.4 is 0 Å². The Morgan fingerprint density at radius 3 is 0.377 bits per heavy atom. The van der Waals surface area contributed by atoms with E-state index >= 15 is 0 Å². The molecule has 0 heterocycles. The first-order valence-corrected chi connectivity index (χ1v) is 27.7. The Balaban J connectivity index is -0.0000000835. The van der Waals surface area contributed by atoms with Gasteiger partial charge in [-0.05, 0) is 53.7 Å². The highest BCUT2D eigenvalue weighted by Gasteiger charge is 1.95. The van der Waals surface area contributed by atoms with Crippen LogP contribution >= 0.6 is 0 Å². The summed E-state index contributed by atoms with van der Waals surface area (Å²) in [6.45, 7) is 50.2. The van der Waals surface area contributed by atoms with Crippen LogP contribution in [0.2, 0.25) is 0 Å². The van der Waals surface area contributed by atoms with Crippen molar-refractivity contribution < 1.29 is 0 Å². The molecule has 396 valence electrons. The Morgan fingerprint density at radius 1 is 0.203 bits per heavy atom. The minimum Gasteiger partial charge on any atom is -0.0683 e. The van der Waals surface area contributed by atoms with Crippen molar-refractivity contribution in [1.82, 2.24) is 0 Å². The van der Waals surface area contributed by atoms with Crippen LogP contribution in [0.4, 0.5) is 0 Å². The summed E-state index contributed by atoms with van der Waals surface area (Å²) in [5.41, 5.74) is 4.33. The van der Waals surface area contributed by atoms with E-state index in [-0.39, 0.29) is 0 Å². The maximum absolute atomic E-state index is 2.24. The fourth-order valence-electron chi connectivity index (χ4n) is 4.41. The third-order valence-corrected chi connectivity index (χ3v) is 6.46. The molecule has 0 aliphatic heterocycles. The first kappa shape index (κ1) is 84.3. The highest BCUT2D eigenvalue weighted by atomic mass is 14.0. The molecule has 0 amide bonds. The van der Waals surface area contributed by atoms with Gasteiger partial charge in [0.05, 0.1) is 0 Å². The zero-order chi connectivity index (χ0) is 55.0. The van der Waals surface area contributed by atoms with Crippen LogP contribution in [0.5, 0.6) is 0 Å². The van der Waals surface area contributed by atoms with Crippen LogP contribution in [0.3, 0.4) is 0 Å². The van der Waals surface area contributed by atoms with Crippen LogP contribution in [0, 0.1) is 17.8 Å². The summed E-state index contributed by atoms with van der Waals surface area (Å²) in [6, 6.07) is 67.8. The van der Waals surface area contributed by atoms with Crippen molar-refractivity contribution in [3.05, 3.63) is 217 Å². The molecule has 0 aliphatic rings. The van der Waals surface area contributed by atoms with Crippen molar-refractivity contribution >= 4 is 0 Å². The smallest absolute Gasteiger partial charge is 0.0256 e. The third kappa shape index (κ3) is 97.9. The summed E-state index contributed by atoms with van der Waals surface area (Å²) in [6.07, 6.45) is 7.34. The molecule has 6 aromatic rings. The number of hydrogen-bond donors (Lipinski definition) is 0. The van der Waals surface area contributed by atoms with E-state index in [0.717, 1.165) is 17.8 Å². The van der Waals surface area contributed by atoms with Gasteiger partial charge in [0.15, 0.2) is 0 Å². The summed E-state index contributed by atoms with van der Waals surface area (Å²) in [5, 5.41) is 0. The van der Waals surface area contributed by atoms with Gasteiger partial charge >= 0.3 is 0 Å². The molecule has 0 heteroatoms. The summed E-state index contributed by atoms with van der Waals surface area (Å²) in [5.74, 6) is 2.30. The van der Waals surface area contributed by atoms with Crippen LogP contribution in [0.15, 0.2) is 200 Å². The van der Waals surface area contributed by atoms with Crippen LogP contribution in [0.25, 0.3) is 0 Å². The summed E-state index contributed by atoms with van der Waals surface area (Å²) >= 11 is 0. The Hall–Kier alpha value is -4.68. The van der Waals surface area contributed by atoms with Crippen molar-refractivity contribution in [3.63, 3.8) is 0 Å². The fraction of sp³-hybridized carbons (Fsp3) is 0.478. The fourth-order valence-corrected chi connectivity index (χ4v) is 4.41. The Bertz CT molecular complexity index is 1190. The van der Waals surface area contributed by atoms with Gasteiger partial charge in [-0.2, -0.15) is 0 Å². The highest BCUT2D eigenvalue weighted by Crippen LogP contribution is 2.08. The molecule has 0 N–H and O–H groups in total. The van der Waals surface area contributed by atoms with Gasteiger partial charge in [0.1, 0.15) is 0 Å². The lowest BCUT2D eigenvalue weighted by molar-refractivity contribution is 0.647. The summed E-state index contributed by atoms with van der Waals surface area (Å²) < 4.78 is 0. The molecule has 0 atom stereocenters. The van der Waals surface area contributed by atoms with E-state index in [1.807, 2.05) is 192 Å². The van der Waals surface area contributed by atoms with Crippen molar-refractivity contribution in [2.45, 2.75) is 205 Å². The van der Waals surface area contributed by atoms with E-state index in [1.54, 1.807) is 0 Å². The predicted octanol–water partition coefficient (Wildman–Crippen LogP) is 24.1. The van der Waals surface area contributed by atoms with E-state index in [1.165, 1.54) is 55.2 Å². The van der Waals surface area contributed by atoms with Gasteiger partial charge in [-0.1, -0.05) is 386 Å². The Morgan fingerprint density at radius 2 is 0.290 bits per heavy atom. The Labute approximate surface area is 437 Å². The number of hydrogen-bond acceptors (Lipinski definition) is 0. The van der Waals surface area contributed by atoms with Crippen LogP contribution in [0.1, 0.15) is 202 Å². The minimum absolute atomic E-state index is 0.766. The molecular weight excluding hydrogens is 829 g/mol. The molecule has 0 saturated carbocycles. The first-order chi connectivity index (χ1) is 33.6. The molecule has 0 bridgehead atoms. The van der Waals surface area contributed by atoms with Gasteiger partial charge in [-0.25, -0.2) is 0 Å². The van der Waals surface area contributed by atoms with Gasteiger partial charge in [-0.3, -0.25) is 0 Å². The molecule has 0 fully saturated rings. The average Bonchev–Trinajstić information content (AvgIpc) is 3.41. The lowest BCUT2D eigenvalue weighted by atomic mass is 10.0. The zero-order valence-corrected chi connectivity index (χ0v) is 50.5. The van der Waals surface area contributed by atoms with Gasteiger partial charge in [0.25, 0.3) is 0 Å². The lowest BCUT2D eigenvalue weighted by Gasteiger charge is -2.02. The molecule has 0 unspecified atom stereocenters. The van der Waals surface area contributed by atoms with Crippen molar-refractivity contribution in [1.29, 1.82) is 0 Å². The van der Waals surface area contributed by atoms with E-state index in [9.17, 15) is 0 Å². The minimum atomic E-state index is 0.766. The van der Waals surface area contributed by atoms with Crippen molar-refractivity contribution in [3.8, 4) is 0 Å². The van der Waals surface area contributed by atoms with Crippen molar-refractivity contribution in [2.24, 2.45) is 17.8 Å². The molecule has 0 radical (unpaired) electrons. The van der Waals surface area contributed by atoms with Gasteiger partial charge in [-0.15, -0.1) is 0 Å². The standard InChI is InChI=1S/3C10H14.3C6H6.3C3H8.6C2H6/c3*1-9(2)8-10-6-4-3-5-7-10;3*1-2-4-6-5-3-1;3*1-3-2;6*1-2/h3*3-7,9H,8H2,1-2H3;3*1-6H;3*3H2,1-2H3;6*1-2H3. The highest BCUT2D eigenvalue weighted by molar-refractivity contribution is 5.16. The molecule has 0 spiro atoms. The lowest BCUT2D eigenvalue weighted by Crippen LogP contribution is -1.92. The largest absolute Gasteiger partial charge is 0.0683 e. The molecule has 6 aromatic carbocycles. The van der Waals surface area contributed by atoms with Crippen molar-refractivity contribution in [2.75, 3.05) is 0 Å². The second-order valence-corrected chi connectivity index (χ2v) is 14.8. The molecule has 0 saturated heterocycles. The summed E-state index contributed by atoms with van der Waals surface area (Å²) in [4.78, 5) is 0. The average molecular weight is 950 g/mol. The molecule has 0 aliphatic carbocycles. The summed E-state index contributed by atoms with van der Waals surface area (Å²) in [7, 11) is 0. The predicted molar refractivity (Wildman–Crippen MR) is 330 cm³/mol. The maximum atomic E-state index is 2.24. The number of rotatable bonds is 6. The van der Waals surface area contributed by atoms with Crippen LogP contribution in [-0.4, -0.2) is 0 Å². The maximum Gasteiger partial charge on any atom is -0.0256 e. The second kappa shape index (κ2) is 89.8. The van der Waals surface area contributed by atoms with Gasteiger partial charge in [0, 0.05) is 0 Å². The topological polar surface area (TPSA) is 0 Å². The molecule has 0 aromatic heterocycles. The van der Waals surface area contributed by atoms with Gasteiger partial charge in [0.2, 0.25) is 0 Å². The van der Waals surface area contributed by atoms with E-state index in [4.69, 9.17) is 0 Å². The SMILES string of the molecule is CC.CC.CC.CC.CC.CC.CC(C)Cc1ccccc1.CC(C)Cc1ccccc1.CC(C)Cc1ccccc1.CCC.CCC.CCC.c1ccccc1.c1ccccc1.c1ccccc1. The van der Waals surface area contributed by atoms with E-state index in [2.05, 4.69) is 174 Å². The molecular formula is C69H120. The zero-order valence-electron chi connectivity index (χ0n) is 50.5. The Kier molecular flexibility index (Phi) is 110. The van der Waals surface area contributed by atoms with E-state index in [0.29, 0.717) is 0 Å². The van der Waals surface area contributed by atoms with Gasteiger partial charge < -0.3 is 0 Å². The van der Waals surface area contributed by atoms with Crippen LogP contribution in [-0.2, 0) is 19.3 Å².